The van der Waals surface area contributed by atoms with Crippen LogP contribution in [0.4, 0.5) is 0 Å². The summed E-state index contributed by atoms with van der Waals surface area (Å²) < 4.78 is 0. The first kappa shape index (κ1) is 30.3. The van der Waals surface area contributed by atoms with Gasteiger partial charge in [-0.3, -0.25) is 0 Å². The molecule has 2 atom stereocenters. The van der Waals surface area contributed by atoms with Crippen LogP contribution < -0.4 is 10.6 Å². The first-order valence-electron chi connectivity index (χ1n) is 14.4. The minimum Gasteiger partial charge on any atom is -0.508 e. The fourth-order valence-corrected chi connectivity index (χ4v) is 8.83. The van der Waals surface area contributed by atoms with Crippen LogP contribution in [0, 0.1) is 6.42 Å². The molecule has 3 fully saturated rings. The van der Waals surface area contributed by atoms with Crippen molar-refractivity contribution >= 4 is 13.2 Å². The van der Waals surface area contributed by atoms with Crippen LogP contribution in [-0.4, -0.2) is 35.7 Å². The van der Waals surface area contributed by atoms with E-state index in [1.165, 1.54) is 95.2 Å². The predicted octanol–water partition coefficient (Wildman–Crippen LogP) is 7.99. The summed E-state index contributed by atoms with van der Waals surface area (Å²) in [7, 11) is -0.685. The summed E-state index contributed by atoms with van der Waals surface area (Å²) in [6, 6.07) is 11.9. The maximum atomic E-state index is 9.91. The van der Waals surface area contributed by atoms with Gasteiger partial charge in [0, 0.05) is 28.3 Å². The van der Waals surface area contributed by atoms with Gasteiger partial charge in [0.15, 0.2) is 0 Å². The van der Waals surface area contributed by atoms with Gasteiger partial charge in [-0.1, -0.05) is 75.3 Å². The van der Waals surface area contributed by atoms with Crippen molar-refractivity contribution in [3.63, 3.8) is 0 Å². The van der Waals surface area contributed by atoms with Gasteiger partial charge < -0.3 is 22.2 Å². The molecule has 37 heavy (non-hydrogen) atoms. The van der Waals surface area contributed by atoms with E-state index in [9.17, 15) is 5.11 Å². The number of nitrogens with one attached hydrogen (secondary N) is 1. The molecular weight excluding hydrogens is 570 g/mol. The average Bonchev–Trinajstić information content (AvgIpc) is 2.96. The Hall–Kier alpha value is -1.21. The third-order valence-electron chi connectivity index (χ3n) is 7.91. The second-order valence-electron chi connectivity index (χ2n) is 10.7. The van der Waals surface area contributed by atoms with Crippen LogP contribution in [0.5, 0.6) is 0 Å². The Morgan fingerprint density at radius 1 is 0.892 bits per heavy atom. The van der Waals surface area contributed by atoms with Crippen molar-refractivity contribution in [3.8, 4) is 0 Å². The Kier molecular flexibility index (Phi) is 14.3. The van der Waals surface area contributed by atoms with Crippen LogP contribution in [0.25, 0.3) is 5.32 Å². The summed E-state index contributed by atoms with van der Waals surface area (Å²) >= 11 is 0. The Labute approximate surface area is 239 Å². The third-order valence-corrected chi connectivity index (χ3v) is 11.1. The second kappa shape index (κ2) is 17.4. The number of aliphatic hydroxyl groups excluding tert-OH is 1. The quantitative estimate of drug-likeness (QED) is 0.141. The van der Waals surface area contributed by atoms with Crippen molar-refractivity contribution in [1.82, 2.24) is 5.32 Å². The van der Waals surface area contributed by atoms with E-state index in [0.29, 0.717) is 24.4 Å². The van der Waals surface area contributed by atoms with Crippen molar-refractivity contribution < 1.29 is 25.5 Å². The Bertz CT molecular complexity index is 824. The molecule has 1 heterocycles. The molecule has 208 valence electrons. The fourth-order valence-electron chi connectivity index (χ4n) is 5.79. The van der Waals surface area contributed by atoms with E-state index >= 15 is 0 Å². The van der Waals surface area contributed by atoms with Crippen LogP contribution >= 0.6 is 7.92 Å². The van der Waals surface area contributed by atoms with Crippen LogP contribution in [0.3, 0.4) is 0 Å². The summed E-state index contributed by atoms with van der Waals surface area (Å²) in [5, 5.41) is 28.2. The van der Waals surface area contributed by atoms with E-state index < -0.39 is 7.92 Å². The third kappa shape index (κ3) is 10.5. The fraction of sp³-hybridized carbons (Fsp3) is 0.633. The van der Waals surface area contributed by atoms with Crippen molar-refractivity contribution in [1.29, 1.82) is 0 Å². The molecule has 3 saturated carbocycles. The first-order valence-corrected chi connectivity index (χ1v) is 16.2. The van der Waals surface area contributed by atoms with Gasteiger partial charge in [0.25, 0.3) is 0 Å². The zero-order chi connectivity index (χ0) is 24.8. The topological polar surface area (TPSA) is 71.1 Å². The molecule has 5 nitrogen and oxygen atoms in total. The van der Waals surface area contributed by atoms with Gasteiger partial charge in [-0.05, 0) is 69.1 Å². The second-order valence-corrected chi connectivity index (χ2v) is 13.5. The van der Waals surface area contributed by atoms with Gasteiger partial charge in [-0.2, -0.15) is 11.5 Å². The first-order chi connectivity index (χ1) is 17.8. The number of aliphatic hydroxyl groups is 1. The maximum Gasteiger partial charge on any atom is 0.113 e. The van der Waals surface area contributed by atoms with Gasteiger partial charge >= 0.3 is 0 Å². The molecule has 0 saturated heterocycles. The van der Waals surface area contributed by atoms with E-state index in [1.54, 1.807) is 6.08 Å². The molecule has 0 amide bonds. The number of azo groups is 1. The van der Waals surface area contributed by atoms with E-state index in [4.69, 9.17) is 0 Å². The summed E-state index contributed by atoms with van der Waals surface area (Å²) in [5.41, 5.74) is 0.829. The van der Waals surface area contributed by atoms with Crippen molar-refractivity contribution in [3.05, 3.63) is 65.8 Å². The molecule has 1 aromatic rings. The minimum atomic E-state index is -0.685. The predicted molar refractivity (Wildman–Crippen MR) is 155 cm³/mol. The summed E-state index contributed by atoms with van der Waals surface area (Å²) in [5.74, 6) is 0.932. The SMILES string of the molecule is OC1=C(NC[PH+](c2ccccc2)C2CCCCC2)[N-]CC=C1.[CH-]1CCCCC1N=NC1CCCCC1.[Pd]. The molecule has 0 radical (unpaired) electrons. The smallest absolute Gasteiger partial charge is 0.113 e. The number of rotatable bonds is 7. The van der Waals surface area contributed by atoms with Gasteiger partial charge in [0.2, 0.25) is 0 Å². The van der Waals surface area contributed by atoms with E-state index in [1.807, 2.05) is 6.08 Å². The maximum absolute atomic E-state index is 9.91. The standard InChI is InChI=1S/C18H24N2OP.C12H21N2.Pd/c21-17-12-7-13-19-18(17)20-14-22(15-8-3-1-4-9-15)16-10-5-2-6-11-16;1-3-7-11(8-4-1)13-14-12-9-5-2-6-10-12;/h1,3-4,7-9,12,16,20-21H,2,5-6,10-11,13-14H2;7,11-12H,1-6,8-10H2;/q2*-1;/p+1. The van der Waals surface area contributed by atoms with E-state index in [2.05, 4.69) is 57.6 Å². The Morgan fingerprint density at radius 3 is 2.27 bits per heavy atom. The molecule has 1 aromatic carbocycles. The number of nitrogens with zero attached hydrogens (tertiary/aromatic N) is 3. The number of hydrogen-bond acceptors (Lipinski definition) is 4. The van der Waals surface area contributed by atoms with E-state index in [0.717, 1.165) is 11.9 Å². The zero-order valence-corrected chi connectivity index (χ0v) is 24.8. The summed E-state index contributed by atoms with van der Waals surface area (Å²) in [6.45, 7) is 0.656. The molecule has 0 spiro atoms. The largest absolute Gasteiger partial charge is 0.508 e. The van der Waals surface area contributed by atoms with Gasteiger partial charge in [0.1, 0.15) is 5.76 Å². The molecule has 4 aliphatic rings. The minimum absolute atomic E-state index is 0. The molecule has 5 rings (SSSR count). The number of hydrogen-bond donors (Lipinski definition) is 2. The van der Waals surface area contributed by atoms with Crippen LogP contribution in [-0.2, 0) is 20.4 Å². The van der Waals surface area contributed by atoms with Crippen molar-refractivity contribution in [2.45, 2.75) is 108 Å². The number of allylic oxidation sites excluding steroid dienone is 1. The number of benzene rings is 1. The molecule has 2 unspecified atom stereocenters. The van der Waals surface area contributed by atoms with E-state index in [-0.39, 0.29) is 26.2 Å². The molecular formula is C30H46N4OPPd-. The molecule has 3 aliphatic carbocycles. The average molecular weight is 616 g/mol. The van der Waals surface area contributed by atoms with Crippen molar-refractivity contribution in [2.24, 2.45) is 10.2 Å². The molecule has 0 aromatic heterocycles. The molecule has 2 N–H and O–H groups in total. The molecule has 1 aliphatic heterocycles. The monoisotopic (exact) mass is 615 g/mol. The van der Waals surface area contributed by atoms with Crippen LogP contribution in [0.2, 0.25) is 0 Å². The zero-order valence-electron chi connectivity index (χ0n) is 22.3. The Balaban J connectivity index is 0.000000220. The van der Waals surface area contributed by atoms with Crippen LogP contribution in [0.1, 0.15) is 89.9 Å². The van der Waals surface area contributed by atoms with Gasteiger partial charge in [0.05, 0.1) is 23.3 Å². The Morgan fingerprint density at radius 2 is 1.59 bits per heavy atom. The normalized spacial score (nSPS) is 23.9. The summed E-state index contributed by atoms with van der Waals surface area (Å²) in [6.07, 6.45) is 25.6. The molecule has 7 heteroatoms. The summed E-state index contributed by atoms with van der Waals surface area (Å²) in [4.78, 5) is 0. The van der Waals surface area contributed by atoms with Gasteiger partial charge in [-0.25, -0.2) is 5.11 Å². The van der Waals surface area contributed by atoms with Gasteiger partial charge in [-0.15, -0.1) is 0 Å². The van der Waals surface area contributed by atoms with Crippen LogP contribution in [0.15, 0.2) is 64.3 Å². The van der Waals surface area contributed by atoms with Crippen molar-refractivity contribution in [2.75, 3.05) is 12.8 Å². The molecule has 0 bridgehead atoms.